The molecular formula is C11H21ClN2O. The largest absolute Gasteiger partial charge is 0.391 e. The van der Waals surface area contributed by atoms with E-state index in [1.807, 2.05) is 0 Å². The molecule has 4 heteroatoms. The first-order valence-corrected chi connectivity index (χ1v) is 6.32. The summed E-state index contributed by atoms with van der Waals surface area (Å²) in [6.45, 7) is 5.47. The third-order valence-electron chi connectivity index (χ3n) is 3.79. The van der Waals surface area contributed by atoms with E-state index in [0.717, 1.165) is 19.6 Å². The fourth-order valence-electron chi connectivity index (χ4n) is 3.02. The van der Waals surface area contributed by atoms with Crippen molar-refractivity contribution in [3.63, 3.8) is 0 Å². The highest BCUT2D eigenvalue weighted by Crippen LogP contribution is 2.38. The summed E-state index contributed by atoms with van der Waals surface area (Å²) in [6, 6.07) is 0. The summed E-state index contributed by atoms with van der Waals surface area (Å²) in [5.41, 5.74) is 0.515. The Kier molecular flexibility index (Phi) is 3.56. The Morgan fingerprint density at radius 2 is 2.07 bits per heavy atom. The molecule has 2 aliphatic rings. The molecule has 88 valence electrons. The number of likely N-dealkylation sites (tertiary alicyclic amines) is 2. The lowest BCUT2D eigenvalue weighted by molar-refractivity contribution is 0.135. The number of hydrogen-bond acceptors (Lipinski definition) is 3. The predicted molar refractivity (Wildman–Crippen MR) is 62.3 cm³/mol. The number of rotatable bonds is 3. The normalized spacial score (nSPS) is 35.4. The molecule has 1 N–H and O–H groups in total. The van der Waals surface area contributed by atoms with Gasteiger partial charge >= 0.3 is 0 Å². The van der Waals surface area contributed by atoms with E-state index in [1.165, 1.54) is 25.9 Å². The third-order valence-corrected chi connectivity index (χ3v) is 4.15. The van der Waals surface area contributed by atoms with Gasteiger partial charge < -0.3 is 14.9 Å². The summed E-state index contributed by atoms with van der Waals surface area (Å²) in [7, 11) is 2.20. The molecule has 0 bridgehead atoms. The van der Waals surface area contributed by atoms with Crippen molar-refractivity contribution in [2.45, 2.75) is 18.9 Å². The van der Waals surface area contributed by atoms with Gasteiger partial charge in [0, 0.05) is 25.5 Å². The van der Waals surface area contributed by atoms with Crippen LogP contribution in [-0.2, 0) is 0 Å². The van der Waals surface area contributed by atoms with Gasteiger partial charge in [0.05, 0.1) is 6.10 Å². The molecule has 3 nitrogen and oxygen atoms in total. The molecule has 2 rings (SSSR count). The van der Waals surface area contributed by atoms with Crippen LogP contribution >= 0.6 is 11.6 Å². The van der Waals surface area contributed by atoms with Gasteiger partial charge in [-0.05, 0) is 38.4 Å². The van der Waals surface area contributed by atoms with Crippen LogP contribution in [0.1, 0.15) is 12.8 Å². The molecule has 0 aromatic carbocycles. The van der Waals surface area contributed by atoms with Crippen molar-refractivity contribution >= 4 is 11.6 Å². The predicted octanol–water partition coefficient (Wildman–Crippen LogP) is 0.614. The molecule has 2 saturated heterocycles. The summed E-state index contributed by atoms with van der Waals surface area (Å²) < 4.78 is 0. The van der Waals surface area contributed by atoms with Crippen molar-refractivity contribution in [2.24, 2.45) is 5.41 Å². The van der Waals surface area contributed by atoms with Crippen molar-refractivity contribution in [1.82, 2.24) is 9.80 Å². The quantitative estimate of drug-likeness (QED) is 0.723. The Morgan fingerprint density at radius 1 is 1.33 bits per heavy atom. The monoisotopic (exact) mass is 232 g/mol. The molecule has 0 aromatic heterocycles. The van der Waals surface area contributed by atoms with E-state index >= 15 is 0 Å². The van der Waals surface area contributed by atoms with E-state index in [2.05, 4.69) is 16.8 Å². The number of nitrogens with zero attached hydrogens (tertiary/aromatic N) is 2. The van der Waals surface area contributed by atoms with Gasteiger partial charge in [-0.25, -0.2) is 0 Å². The summed E-state index contributed by atoms with van der Waals surface area (Å²) in [6.07, 6.45) is 2.24. The van der Waals surface area contributed by atoms with Gasteiger partial charge in [0.15, 0.2) is 0 Å². The van der Waals surface area contributed by atoms with Crippen LogP contribution < -0.4 is 0 Å². The number of hydrogen-bond donors (Lipinski definition) is 1. The SMILES string of the molecule is CN1CCC2(CCN(CC(O)CCl)C2)C1. The zero-order valence-corrected chi connectivity index (χ0v) is 10.2. The molecule has 2 unspecified atom stereocenters. The molecule has 0 radical (unpaired) electrons. The molecule has 0 amide bonds. The van der Waals surface area contributed by atoms with Crippen molar-refractivity contribution in [3.8, 4) is 0 Å². The third kappa shape index (κ3) is 2.64. The van der Waals surface area contributed by atoms with Crippen molar-refractivity contribution in [3.05, 3.63) is 0 Å². The van der Waals surface area contributed by atoms with E-state index in [0.29, 0.717) is 11.3 Å². The molecule has 15 heavy (non-hydrogen) atoms. The van der Waals surface area contributed by atoms with Gasteiger partial charge in [0.25, 0.3) is 0 Å². The van der Waals surface area contributed by atoms with E-state index in [1.54, 1.807) is 0 Å². The Labute approximate surface area is 97.0 Å². The smallest absolute Gasteiger partial charge is 0.0802 e. The maximum atomic E-state index is 9.52. The second-order valence-electron chi connectivity index (χ2n) is 5.28. The topological polar surface area (TPSA) is 26.7 Å². The maximum Gasteiger partial charge on any atom is 0.0802 e. The minimum absolute atomic E-state index is 0.351. The van der Waals surface area contributed by atoms with Gasteiger partial charge in [-0.2, -0.15) is 0 Å². The minimum atomic E-state index is -0.360. The molecule has 0 saturated carbocycles. The highest BCUT2D eigenvalue weighted by atomic mass is 35.5. The zero-order chi connectivity index (χ0) is 10.9. The fourth-order valence-corrected chi connectivity index (χ4v) is 3.12. The average molecular weight is 233 g/mol. The average Bonchev–Trinajstić information content (AvgIpc) is 2.75. The van der Waals surface area contributed by atoms with Crippen molar-refractivity contribution < 1.29 is 5.11 Å². The summed E-state index contributed by atoms with van der Waals surface area (Å²) in [5.74, 6) is 0.351. The summed E-state index contributed by atoms with van der Waals surface area (Å²) in [5, 5.41) is 9.52. The standard InChI is InChI=1S/C11H21ClN2O/c1-13-4-2-11(8-13)3-5-14(9-11)7-10(15)6-12/h10,15H,2-9H2,1H3. The second kappa shape index (κ2) is 4.58. The number of alkyl halides is 1. The van der Waals surface area contributed by atoms with Crippen LogP contribution in [0.4, 0.5) is 0 Å². The van der Waals surface area contributed by atoms with Crippen LogP contribution in [0, 0.1) is 5.41 Å². The summed E-state index contributed by atoms with van der Waals surface area (Å²) in [4.78, 5) is 4.79. The van der Waals surface area contributed by atoms with Gasteiger partial charge in [0.2, 0.25) is 0 Å². The highest BCUT2D eigenvalue weighted by molar-refractivity contribution is 6.18. The number of aliphatic hydroxyl groups is 1. The lowest BCUT2D eigenvalue weighted by Gasteiger charge is -2.24. The molecular weight excluding hydrogens is 212 g/mol. The number of halogens is 1. The van der Waals surface area contributed by atoms with E-state index in [-0.39, 0.29) is 6.10 Å². The lowest BCUT2D eigenvalue weighted by Crippen LogP contribution is -2.34. The lowest BCUT2D eigenvalue weighted by atomic mass is 9.86. The zero-order valence-electron chi connectivity index (χ0n) is 9.45. The second-order valence-corrected chi connectivity index (χ2v) is 5.59. The first-order valence-electron chi connectivity index (χ1n) is 5.78. The molecule has 2 heterocycles. The van der Waals surface area contributed by atoms with Gasteiger partial charge in [0.1, 0.15) is 0 Å². The Balaban J connectivity index is 1.84. The van der Waals surface area contributed by atoms with Crippen LogP contribution in [0.2, 0.25) is 0 Å². The van der Waals surface area contributed by atoms with E-state index in [9.17, 15) is 5.11 Å². The van der Waals surface area contributed by atoms with Crippen molar-refractivity contribution in [1.29, 1.82) is 0 Å². The van der Waals surface area contributed by atoms with Crippen LogP contribution in [-0.4, -0.2) is 66.7 Å². The fraction of sp³-hybridized carbons (Fsp3) is 1.00. The molecule has 2 aliphatic heterocycles. The highest BCUT2D eigenvalue weighted by Gasteiger charge is 2.42. The Morgan fingerprint density at radius 3 is 2.67 bits per heavy atom. The molecule has 2 fully saturated rings. The van der Waals surface area contributed by atoms with E-state index < -0.39 is 0 Å². The number of β-amino-alcohol motifs (C(OH)–C–C–N with tert-alkyl or cyclic N) is 1. The Bertz CT molecular complexity index is 227. The van der Waals surface area contributed by atoms with Gasteiger partial charge in [-0.1, -0.05) is 0 Å². The minimum Gasteiger partial charge on any atom is -0.391 e. The van der Waals surface area contributed by atoms with Gasteiger partial charge in [-0.3, -0.25) is 0 Å². The molecule has 1 spiro atoms. The summed E-state index contributed by atoms with van der Waals surface area (Å²) >= 11 is 5.62. The van der Waals surface area contributed by atoms with Gasteiger partial charge in [-0.15, -0.1) is 11.6 Å². The van der Waals surface area contributed by atoms with Crippen LogP contribution in [0.3, 0.4) is 0 Å². The molecule has 0 aromatic rings. The van der Waals surface area contributed by atoms with Crippen LogP contribution in [0.25, 0.3) is 0 Å². The maximum absolute atomic E-state index is 9.52. The number of aliphatic hydroxyl groups excluding tert-OH is 1. The molecule has 0 aliphatic carbocycles. The van der Waals surface area contributed by atoms with Crippen molar-refractivity contribution in [2.75, 3.05) is 45.7 Å². The van der Waals surface area contributed by atoms with E-state index in [4.69, 9.17) is 11.6 Å². The first kappa shape index (κ1) is 11.6. The van der Waals surface area contributed by atoms with Crippen LogP contribution in [0.5, 0.6) is 0 Å². The molecule has 2 atom stereocenters. The Hall–Kier alpha value is 0.170. The van der Waals surface area contributed by atoms with Crippen LogP contribution in [0.15, 0.2) is 0 Å². The first-order chi connectivity index (χ1) is 7.13.